The maximum atomic E-state index is 12.3. The van der Waals surface area contributed by atoms with Crippen LogP contribution in [0.1, 0.15) is 43.5 Å². The van der Waals surface area contributed by atoms with Crippen molar-refractivity contribution in [3.63, 3.8) is 0 Å². The highest BCUT2D eigenvalue weighted by Gasteiger charge is 2.29. The lowest BCUT2D eigenvalue weighted by molar-refractivity contribution is -0.384. The van der Waals surface area contributed by atoms with Gasteiger partial charge in [-0.2, -0.15) is 0 Å². The summed E-state index contributed by atoms with van der Waals surface area (Å²) < 4.78 is 0. The Bertz CT molecular complexity index is 562. The van der Waals surface area contributed by atoms with Gasteiger partial charge in [-0.05, 0) is 24.3 Å². The first kappa shape index (κ1) is 15.8. The van der Waals surface area contributed by atoms with Gasteiger partial charge in [0.1, 0.15) is 0 Å². The summed E-state index contributed by atoms with van der Waals surface area (Å²) in [5.74, 6) is 0.733. The third kappa shape index (κ3) is 3.53. The van der Waals surface area contributed by atoms with E-state index in [1.54, 1.807) is 0 Å². The smallest absolute Gasteiger partial charge is 0.270 e. The Labute approximate surface area is 128 Å². The molecular formula is C15H19ClN2O3. The van der Waals surface area contributed by atoms with Crippen molar-refractivity contribution in [1.29, 1.82) is 0 Å². The Morgan fingerprint density at radius 3 is 2.71 bits per heavy atom. The van der Waals surface area contributed by atoms with Crippen LogP contribution < -0.4 is 5.32 Å². The van der Waals surface area contributed by atoms with E-state index in [1.807, 2.05) is 0 Å². The van der Waals surface area contributed by atoms with E-state index >= 15 is 0 Å². The Morgan fingerprint density at radius 1 is 1.38 bits per heavy atom. The quantitative estimate of drug-likeness (QED) is 0.681. The van der Waals surface area contributed by atoms with Gasteiger partial charge in [-0.25, -0.2) is 0 Å². The van der Waals surface area contributed by atoms with E-state index in [9.17, 15) is 14.9 Å². The molecule has 1 aromatic carbocycles. The van der Waals surface area contributed by atoms with Crippen LogP contribution in [0.25, 0.3) is 0 Å². The highest BCUT2D eigenvalue weighted by atomic mass is 35.5. The number of benzene rings is 1. The summed E-state index contributed by atoms with van der Waals surface area (Å²) in [6.45, 7) is 4.34. The van der Waals surface area contributed by atoms with Crippen LogP contribution in [0.5, 0.6) is 0 Å². The molecule has 0 aliphatic heterocycles. The van der Waals surface area contributed by atoms with Crippen molar-refractivity contribution in [2.45, 2.75) is 39.2 Å². The molecule has 0 heterocycles. The largest absolute Gasteiger partial charge is 0.349 e. The fourth-order valence-electron chi connectivity index (χ4n) is 2.83. The molecule has 1 aliphatic carbocycles. The number of hydrogen-bond donors (Lipinski definition) is 1. The van der Waals surface area contributed by atoms with Crippen molar-refractivity contribution in [3.8, 4) is 0 Å². The molecule has 21 heavy (non-hydrogen) atoms. The first-order valence-corrected chi connectivity index (χ1v) is 7.52. The molecule has 0 saturated heterocycles. The minimum atomic E-state index is -0.529. The van der Waals surface area contributed by atoms with Gasteiger partial charge in [-0.3, -0.25) is 14.9 Å². The molecule has 3 atom stereocenters. The molecule has 1 fully saturated rings. The van der Waals surface area contributed by atoms with E-state index in [1.165, 1.54) is 24.6 Å². The van der Waals surface area contributed by atoms with Crippen LogP contribution in [0.3, 0.4) is 0 Å². The summed E-state index contributed by atoms with van der Waals surface area (Å²) in [4.78, 5) is 22.4. The number of hydrogen-bond acceptors (Lipinski definition) is 3. The fraction of sp³-hybridized carbons (Fsp3) is 0.533. The maximum absolute atomic E-state index is 12.3. The van der Waals surface area contributed by atoms with E-state index in [4.69, 9.17) is 11.6 Å². The van der Waals surface area contributed by atoms with Gasteiger partial charge in [0.05, 0.1) is 15.5 Å². The molecule has 0 unspecified atom stereocenters. The SMILES string of the molecule is C[C@H]1[C@@H](NC(=O)c2ccc([N+](=O)[O-])cc2Cl)CCC[C@@H]1C. The Balaban J connectivity index is 2.11. The number of halogens is 1. The first-order valence-electron chi connectivity index (χ1n) is 7.15. The van der Waals surface area contributed by atoms with Crippen molar-refractivity contribution < 1.29 is 9.72 Å². The van der Waals surface area contributed by atoms with Crippen molar-refractivity contribution in [2.75, 3.05) is 0 Å². The topological polar surface area (TPSA) is 72.2 Å². The highest BCUT2D eigenvalue weighted by molar-refractivity contribution is 6.34. The Hall–Kier alpha value is -1.62. The second kappa shape index (κ2) is 6.43. The van der Waals surface area contributed by atoms with Gasteiger partial charge in [0.25, 0.3) is 11.6 Å². The van der Waals surface area contributed by atoms with Crippen LogP contribution >= 0.6 is 11.6 Å². The van der Waals surface area contributed by atoms with Crippen LogP contribution in [-0.2, 0) is 0 Å². The molecule has 1 N–H and O–H groups in total. The van der Waals surface area contributed by atoms with Crippen LogP contribution in [0.15, 0.2) is 18.2 Å². The lowest BCUT2D eigenvalue weighted by Crippen LogP contribution is -2.43. The van der Waals surface area contributed by atoms with Crippen LogP contribution in [0.4, 0.5) is 5.69 Å². The molecule has 0 bridgehead atoms. The molecule has 1 saturated carbocycles. The minimum Gasteiger partial charge on any atom is -0.349 e. The van der Waals surface area contributed by atoms with Gasteiger partial charge in [-0.1, -0.05) is 38.3 Å². The zero-order valence-corrected chi connectivity index (χ0v) is 12.9. The van der Waals surface area contributed by atoms with Crippen molar-refractivity contribution in [2.24, 2.45) is 11.8 Å². The van der Waals surface area contributed by atoms with Crippen molar-refractivity contribution in [3.05, 3.63) is 38.9 Å². The molecular weight excluding hydrogens is 292 g/mol. The summed E-state index contributed by atoms with van der Waals surface area (Å²) in [5, 5.41) is 13.8. The third-order valence-electron chi connectivity index (χ3n) is 4.43. The Morgan fingerprint density at radius 2 is 2.10 bits per heavy atom. The molecule has 5 nitrogen and oxygen atoms in total. The second-order valence-corrected chi connectivity index (χ2v) is 6.18. The first-order chi connectivity index (χ1) is 9.90. The number of amides is 1. The van der Waals surface area contributed by atoms with Crippen molar-refractivity contribution in [1.82, 2.24) is 5.32 Å². The summed E-state index contributed by atoms with van der Waals surface area (Å²) in [7, 11) is 0. The molecule has 0 aromatic heterocycles. The number of carbonyl (C=O) groups excluding carboxylic acids is 1. The monoisotopic (exact) mass is 310 g/mol. The summed E-state index contributed by atoms with van der Waals surface area (Å²) >= 11 is 5.99. The van der Waals surface area contributed by atoms with Crippen LogP contribution in [0.2, 0.25) is 5.02 Å². The predicted molar refractivity (Wildman–Crippen MR) is 81.5 cm³/mol. The Kier molecular flexibility index (Phi) is 4.83. The minimum absolute atomic E-state index is 0.109. The van der Waals surface area contributed by atoms with Crippen LogP contribution in [-0.4, -0.2) is 16.9 Å². The molecule has 1 aromatic rings. The van der Waals surface area contributed by atoms with Gasteiger partial charge in [0.2, 0.25) is 0 Å². The summed E-state index contributed by atoms with van der Waals surface area (Å²) in [5.41, 5.74) is 0.170. The van der Waals surface area contributed by atoms with E-state index in [0.29, 0.717) is 11.8 Å². The average Bonchev–Trinajstić information content (AvgIpc) is 2.43. The van der Waals surface area contributed by atoms with Crippen LogP contribution in [0, 0.1) is 22.0 Å². The number of non-ortho nitro benzene ring substituents is 1. The predicted octanol–water partition coefficient (Wildman–Crippen LogP) is 3.80. The lowest BCUT2D eigenvalue weighted by atomic mass is 9.78. The summed E-state index contributed by atoms with van der Waals surface area (Å²) in [6, 6.07) is 4.05. The second-order valence-electron chi connectivity index (χ2n) is 5.77. The molecule has 1 aliphatic rings. The van der Waals surface area contributed by atoms with Gasteiger partial charge in [-0.15, -0.1) is 0 Å². The van der Waals surface area contributed by atoms with E-state index in [-0.39, 0.29) is 28.2 Å². The summed E-state index contributed by atoms with van der Waals surface area (Å²) in [6.07, 6.45) is 3.25. The molecule has 0 spiro atoms. The zero-order chi connectivity index (χ0) is 15.6. The number of nitrogens with zero attached hydrogens (tertiary/aromatic N) is 1. The standard InChI is InChI=1S/C15H19ClN2O3/c1-9-4-3-5-14(10(9)2)17-15(19)12-7-6-11(18(20)21)8-13(12)16/h6-10,14H,3-5H2,1-2H3,(H,17,19)/t9-,10+,14-/m0/s1. The van der Waals surface area contributed by atoms with Gasteiger partial charge < -0.3 is 5.32 Å². The van der Waals surface area contributed by atoms with Gasteiger partial charge in [0.15, 0.2) is 0 Å². The van der Waals surface area contributed by atoms with Crippen molar-refractivity contribution >= 4 is 23.2 Å². The van der Waals surface area contributed by atoms with E-state index in [0.717, 1.165) is 12.8 Å². The average molecular weight is 311 g/mol. The number of carbonyl (C=O) groups is 1. The number of nitrogens with one attached hydrogen (secondary N) is 1. The van der Waals surface area contributed by atoms with Gasteiger partial charge >= 0.3 is 0 Å². The number of rotatable bonds is 3. The molecule has 6 heteroatoms. The normalized spacial score (nSPS) is 25.4. The number of nitro groups is 1. The van der Waals surface area contributed by atoms with E-state index < -0.39 is 4.92 Å². The maximum Gasteiger partial charge on any atom is 0.270 e. The third-order valence-corrected chi connectivity index (χ3v) is 4.74. The highest BCUT2D eigenvalue weighted by Crippen LogP contribution is 2.30. The molecule has 0 radical (unpaired) electrons. The molecule has 114 valence electrons. The zero-order valence-electron chi connectivity index (χ0n) is 12.1. The molecule has 1 amide bonds. The van der Waals surface area contributed by atoms with Gasteiger partial charge in [0, 0.05) is 18.2 Å². The van der Waals surface area contributed by atoms with E-state index in [2.05, 4.69) is 19.2 Å². The lowest BCUT2D eigenvalue weighted by Gasteiger charge is -2.34. The molecule has 2 rings (SSSR count). The number of nitro benzene ring substituents is 1. The fourth-order valence-corrected chi connectivity index (χ4v) is 3.09.